The Hall–Kier alpha value is -2.60. The third-order valence-corrected chi connectivity index (χ3v) is 9.68. The quantitative estimate of drug-likeness (QED) is 0.506. The number of ketones is 2. The molecule has 5 atom stereocenters. The van der Waals surface area contributed by atoms with Crippen LogP contribution >= 0.6 is 0 Å². The molecule has 2 fully saturated rings. The predicted molar refractivity (Wildman–Crippen MR) is 138 cm³/mol. The van der Waals surface area contributed by atoms with Crippen molar-refractivity contribution in [2.45, 2.75) is 71.6 Å². The number of allylic oxidation sites excluding steroid dienone is 4. The van der Waals surface area contributed by atoms with Crippen LogP contribution in [0, 0.1) is 34.5 Å². The van der Waals surface area contributed by atoms with Crippen LogP contribution in [0.25, 0.3) is 0 Å². The summed E-state index contributed by atoms with van der Waals surface area (Å²) in [6.45, 7) is 6.02. The van der Waals surface area contributed by atoms with Crippen LogP contribution in [0.5, 0.6) is 0 Å². The van der Waals surface area contributed by atoms with Crippen LogP contribution in [0.4, 0.5) is 5.69 Å². The van der Waals surface area contributed by atoms with Gasteiger partial charge < -0.3 is 4.90 Å². The highest BCUT2D eigenvalue weighted by Gasteiger charge is 2.64. The monoisotopic (exact) mass is 455 g/mol. The average Bonchev–Trinajstić information content (AvgIpc) is 3.11. The van der Waals surface area contributed by atoms with Crippen molar-refractivity contribution >= 4 is 17.3 Å². The van der Waals surface area contributed by atoms with Crippen LogP contribution in [-0.2, 0) is 9.59 Å². The molecule has 2 saturated carbocycles. The van der Waals surface area contributed by atoms with Crippen molar-refractivity contribution in [1.29, 1.82) is 0 Å². The van der Waals surface area contributed by atoms with Gasteiger partial charge in [0.05, 0.1) is 5.41 Å². The summed E-state index contributed by atoms with van der Waals surface area (Å²) >= 11 is 0. The smallest absolute Gasteiger partial charge is 0.156 e. The molecule has 4 aliphatic rings. The van der Waals surface area contributed by atoms with Crippen LogP contribution in [0.15, 0.2) is 47.1 Å². The Labute approximate surface area is 204 Å². The van der Waals surface area contributed by atoms with Gasteiger partial charge in [0, 0.05) is 32.1 Å². The van der Waals surface area contributed by atoms with Gasteiger partial charge in [-0.15, -0.1) is 5.92 Å². The maximum absolute atomic E-state index is 13.2. The van der Waals surface area contributed by atoms with E-state index in [1.54, 1.807) is 12.5 Å². The molecule has 34 heavy (non-hydrogen) atoms. The van der Waals surface area contributed by atoms with Gasteiger partial charge in [-0.3, -0.25) is 9.59 Å². The third kappa shape index (κ3) is 3.25. The zero-order chi connectivity index (χ0) is 24.3. The van der Waals surface area contributed by atoms with Crippen molar-refractivity contribution in [2.75, 3.05) is 19.0 Å². The number of nitrogens with zero attached hydrogens (tertiary/aromatic N) is 1. The first kappa shape index (κ1) is 23.2. The molecular formula is C31H37NO2. The summed E-state index contributed by atoms with van der Waals surface area (Å²) in [5, 5.41) is 0. The van der Waals surface area contributed by atoms with Gasteiger partial charge in [-0.2, -0.15) is 0 Å². The zero-order valence-corrected chi connectivity index (χ0v) is 21.3. The molecule has 178 valence electrons. The number of carbonyl (C=O) groups excluding carboxylic acids is 2. The molecule has 0 aromatic heterocycles. The molecule has 4 aliphatic carbocycles. The highest BCUT2D eigenvalue weighted by Crippen LogP contribution is 2.69. The maximum atomic E-state index is 13.2. The molecule has 3 heteroatoms. The van der Waals surface area contributed by atoms with Crippen LogP contribution in [0.3, 0.4) is 0 Å². The molecule has 0 heterocycles. The lowest BCUT2D eigenvalue weighted by Crippen LogP contribution is -2.50. The summed E-state index contributed by atoms with van der Waals surface area (Å²) in [5.74, 6) is 8.35. The van der Waals surface area contributed by atoms with Crippen LogP contribution in [0.1, 0.15) is 77.2 Å². The Morgan fingerprint density at radius 2 is 1.82 bits per heavy atom. The summed E-state index contributed by atoms with van der Waals surface area (Å²) in [6, 6.07) is 9.01. The minimum absolute atomic E-state index is 0.146. The van der Waals surface area contributed by atoms with Crippen molar-refractivity contribution in [3.63, 3.8) is 0 Å². The van der Waals surface area contributed by atoms with Crippen LogP contribution in [-0.4, -0.2) is 25.7 Å². The van der Waals surface area contributed by atoms with Crippen molar-refractivity contribution in [3.05, 3.63) is 52.6 Å². The van der Waals surface area contributed by atoms with Gasteiger partial charge >= 0.3 is 0 Å². The van der Waals surface area contributed by atoms with Gasteiger partial charge in [0.1, 0.15) is 5.78 Å². The van der Waals surface area contributed by atoms with E-state index in [9.17, 15) is 9.59 Å². The maximum Gasteiger partial charge on any atom is 0.156 e. The van der Waals surface area contributed by atoms with Gasteiger partial charge in [-0.25, -0.2) is 0 Å². The summed E-state index contributed by atoms with van der Waals surface area (Å²) in [6.07, 6.45) is 8.38. The fraction of sp³-hybridized carbons (Fsp3) is 0.548. The van der Waals surface area contributed by atoms with E-state index in [0.29, 0.717) is 18.3 Å². The van der Waals surface area contributed by atoms with Gasteiger partial charge in [-0.1, -0.05) is 30.6 Å². The Balaban J connectivity index is 1.70. The van der Waals surface area contributed by atoms with E-state index in [1.807, 2.05) is 13.0 Å². The van der Waals surface area contributed by atoms with E-state index >= 15 is 0 Å². The molecule has 0 amide bonds. The summed E-state index contributed by atoms with van der Waals surface area (Å²) in [5.41, 5.74) is 6.16. The number of benzene rings is 1. The van der Waals surface area contributed by atoms with E-state index in [-0.39, 0.29) is 22.9 Å². The number of anilines is 1. The first-order valence-electron chi connectivity index (χ1n) is 12.9. The molecule has 0 bridgehead atoms. The second-order valence-corrected chi connectivity index (χ2v) is 11.4. The second kappa shape index (κ2) is 8.26. The molecule has 5 rings (SSSR count). The number of Topliss-reactive ketones (excluding diaryl/α,β-unsaturated/α-hetero) is 1. The minimum atomic E-state index is -0.552. The van der Waals surface area contributed by atoms with Crippen molar-refractivity contribution in [3.8, 4) is 11.8 Å². The van der Waals surface area contributed by atoms with Crippen molar-refractivity contribution in [2.24, 2.45) is 22.7 Å². The number of hydrogen-bond acceptors (Lipinski definition) is 3. The molecular weight excluding hydrogens is 418 g/mol. The zero-order valence-electron chi connectivity index (χ0n) is 21.3. The summed E-state index contributed by atoms with van der Waals surface area (Å²) < 4.78 is 0. The van der Waals surface area contributed by atoms with E-state index < -0.39 is 5.41 Å². The molecule has 0 saturated heterocycles. The van der Waals surface area contributed by atoms with Crippen LogP contribution in [0.2, 0.25) is 0 Å². The summed E-state index contributed by atoms with van der Waals surface area (Å²) in [4.78, 5) is 27.6. The number of rotatable bonds is 3. The van der Waals surface area contributed by atoms with Gasteiger partial charge in [-0.05, 0) is 105 Å². The van der Waals surface area contributed by atoms with Crippen molar-refractivity contribution < 1.29 is 9.59 Å². The second-order valence-electron chi connectivity index (χ2n) is 11.4. The average molecular weight is 456 g/mol. The van der Waals surface area contributed by atoms with Gasteiger partial charge in [0.15, 0.2) is 5.78 Å². The Morgan fingerprint density at radius 1 is 1.09 bits per heavy atom. The van der Waals surface area contributed by atoms with E-state index in [4.69, 9.17) is 0 Å². The first-order valence-corrected chi connectivity index (χ1v) is 12.9. The molecule has 3 nitrogen and oxygen atoms in total. The highest BCUT2D eigenvalue weighted by molar-refractivity contribution is 5.93. The highest BCUT2D eigenvalue weighted by atomic mass is 16.1. The molecule has 1 aromatic carbocycles. The SMILES string of the molecule is CC#C[C@]1(C(C)=O)CC[C@H]2[C@@H]3CCC4=CC(=O)CCC4=C3[C@@H](c3ccc(N(C)C)cc3)C[C@@]21C. The Bertz CT molecular complexity index is 1160. The Morgan fingerprint density at radius 3 is 2.47 bits per heavy atom. The van der Waals surface area contributed by atoms with E-state index in [0.717, 1.165) is 38.5 Å². The molecule has 0 N–H and O–H groups in total. The number of hydrogen-bond donors (Lipinski definition) is 0. The lowest BCUT2D eigenvalue weighted by molar-refractivity contribution is -0.130. The molecule has 0 spiro atoms. The fourth-order valence-corrected chi connectivity index (χ4v) is 8.08. The number of carbonyl (C=O) groups is 2. The summed E-state index contributed by atoms with van der Waals surface area (Å²) in [7, 11) is 4.14. The topological polar surface area (TPSA) is 37.4 Å². The van der Waals surface area contributed by atoms with Gasteiger partial charge in [0.25, 0.3) is 0 Å². The predicted octanol–water partition coefficient (Wildman–Crippen LogP) is 6.25. The van der Waals surface area contributed by atoms with Crippen LogP contribution < -0.4 is 4.90 Å². The largest absolute Gasteiger partial charge is 0.378 e. The van der Waals surface area contributed by atoms with Gasteiger partial charge in [0.2, 0.25) is 0 Å². The number of fused-ring (bicyclic) bond motifs is 4. The molecule has 1 aromatic rings. The molecule has 0 unspecified atom stereocenters. The minimum Gasteiger partial charge on any atom is -0.378 e. The Kier molecular flexibility index (Phi) is 5.63. The standard InChI is InChI=1S/C31H37NO2/c1-6-16-31(20(2)33)17-15-28-26-13-9-22-18-24(34)12-14-25(22)29(26)27(19-30(28,31)3)21-7-10-23(11-8-21)32(4)5/h7-8,10-11,18,26-28H,9,12-15,17,19H2,1-5H3/t26-,27+,28-,30-,31+/m0/s1. The first-order chi connectivity index (χ1) is 16.2. The normalized spacial score (nSPS) is 34.3. The van der Waals surface area contributed by atoms with E-state index in [1.165, 1.54) is 22.4 Å². The third-order valence-electron chi connectivity index (χ3n) is 9.68. The lowest BCUT2D eigenvalue weighted by Gasteiger charge is -2.54. The lowest BCUT2D eigenvalue weighted by atomic mass is 9.48. The molecule has 0 aliphatic heterocycles. The molecule has 0 radical (unpaired) electrons. The van der Waals surface area contributed by atoms with E-state index in [2.05, 4.69) is 62.0 Å². The van der Waals surface area contributed by atoms with Crippen molar-refractivity contribution in [1.82, 2.24) is 0 Å². The fourth-order valence-electron chi connectivity index (χ4n) is 8.08.